The summed E-state index contributed by atoms with van der Waals surface area (Å²) in [7, 11) is 0. The lowest BCUT2D eigenvalue weighted by Gasteiger charge is -2.03. The molecule has 1 aromatic carbocycles. The Bertz CT molecular complexity index is 339. The van der Waals surface area contributed by atoms with Crippen molar-refractivity contribution in [3.63, 3.8) is 0 Å². The molecule has 0 saturated carbocycles. The van der Waals surface area contributed by atoms with Crippen molar-refractivity contribution in [2.45, 2.75) is 12.3 Å². The predicted molar refractivity (Wildman–Crippen MR) is 66.2 cm³/mol. The number of Topliss-reactive ketones (excluding diaryl/α,β-unsaturated/α-hetero) is 1. The van der Waals surface area contributed by atoms with Crippen LogP contribution >= 0.6 is 43.5 Å². The number of hydrogen-bond acceptors (Lipinski definition) is 1. The van der Waals surface area contributed by atoms with E-state index in [0.717, 1.165) is 15.6 Å². The van der Waals surface area contributed by atoms with Crippen LogP contribution in [0.15, 0.2) is 22.7 Å². The first-order valence-electron chi connectivity index (χ1n) is 4.07. The molecule has 0 aromatic heterocycles. The summed E-state index contributed by atoms with van der Waals surface area (Å²) in [6.45, 7) is 0. The zero-order valence-electron chi connectivity index (χ0n) is 7.40. The fraction of sp³-hybridized carbons (Fsp3) is 0.300. The Labute approximate surface area is 105 Å². The zero-order chi connectivity index (χ0) is 10.6. The van der Waals surface area contributed by atoms with Crippen LogP contribution in [0.3, 0.4) is 0 Å². The summed E-state index contributed by atoms with van der Waals surface area (Å²) in [5, 5.41) is 0.399. The van der Waals surface area contributed by atoms with E-state index < -0.39 is 0 Å². The van der Waals surface area contributed by atoms with Gasteiger partial charge in [0.2, 0.25) is 0 Å². The average Bonchev–Trinajstić information content (AvgIpc) is 2.16. The SMILES string of the molecule is O=C(CBr)Cc1cc(Br)cc(CCl)c1. The first kappa shape index (κ1) is 12.2. The molecule has 0 amide bonds. The highest BCUT2D eigenvalue weighted by Crippen LogP contribution is 2.18. The summed E-state index contributed by atoms with van der Waals surface area (Å²) < 4.78 is 0.966. The highest BCUT2D eigenvalue weighted by atomic mass is 79.9. The van der Waals surface area contributed by atoms with Gasteiger partial charge in [0.15, 0.2) is 0 Å². The van der Waals surface area contributed by atoms with Crippen molar-refractivity contribution in [1.82, 2.24) is 0 Å². The lowest BCUT2D eigenvalue weighted by Crippen LogP contribution is -2.03. The second-order valence-electron chi connectivity index (χ2n) is 2.95. The molecule has 0 aliphatic rings. The lowest BCUT2D eigenvalue weighted by atomic mass is 10.1. The van der Waals surface area contributed by atoms with E-state index in [9.17, 15) is 4.79 Å². The number of hydrogen-bond donors (Lipinski definition) is 0. The van der Waals surface area contributed by atoms with E-state index in [-0.39, 0.29) is 5.78 Å². The van der Waals surface area contributed by atoms with Crippen molar-refractivity contribution in [3.8, 4) is 0 Å². The molecule has 0 radical (unpaired) electrons. The molecular formula is C10H9Br2ClO. The summed E-state index contributed by atoms with van der Waals surface area (Å²) in [6.07, 6.45) is 0.453. The predicted octanol–water partition coefficient (Wildman–Crippen LogP) is 3.69. The van der Waals surface area contributed by atoms with Gasteiger partial charge in [-0.2, -0.15) is 0 Å². The van der Waals surface area contributed by atoms with Gasteiger partial charge in [0.05, 0.1) is 5.33 Å². The molecule has 0 aliphatic heterocycles. The first-order valence-corrected chi connectivity index (χ1v) is 6.52. The minimum Gasteiger partial charge on any atom is -0.298 e. The van der Waals surface area contributed by atoms with E-state index in [4.69, 9.17) is 11.6 Å². The molecule has 76 valence electrons. The number of halogens is 3. The molecule has 0 spiro atoms. The molecule has 1 nitrogen and oxygen atoms in total. The minimum atomic E-state index is 0.170. The zero-order valence-corrected chi connectivity index (χ0v) is 11.3. The van der Waals surface area contributed by atoms with Crippen LogP contribution in [0, 0.1) is 0 Å². The maximum Gasteiger partial charge on any atom is 0.147 e. The molecule has 0 saturated heterocycles. The Morgan fingerprint density at radius 3 is 2.50 bits per heavy atom. The maximum atomic E-state index is 11.2. The van der Waals surface area contributed by atoms with Gasteiger partial charge in [0, 0.05) is 16.8 Å². The van der Waals surface area contributed by atoms with Gasteiger partial charge >= 0.3 is 0 Å². The van der Waals surface area contributed by atoms with Crippen LogP contribution in [0.2, 0.25) is 0 Å². The van der Waals surface area contributed by atoms with Crippen LogP contribution in [0.1, 0.15) is 11.1 Å². The Morgan fingerprint density at radius 1 is 1.29 bits per heavy atom. The van der Waals surface area contributed by atoms with Gasteiger partial charge in [-0.3, -0.25) is 4.79 Å². The second kappa shape index (κ2) is 5.89. The third-order valence-corrected chi connectivity index (χ3v) is 3.11. The lowest BCUT2D eigenvalue weighted by molar-refractivity contribution is -0.115. The molecule has 0 unspecified atom stereocenters. The molecule has 14 heavy (non-hydrogen) atoms. The topological polar surface area (TPSA) is 17.1 Å². The Hall–Kier alpha value is 0.140. The van der Waals surface area contributed by atoms with Crippen LogP contribution < -0.4 is 0 Å². The first-order chi connectivity index (χ1) is 6.65. The van der Waals surface area contributed by atoms with Crippen LogP contribution in [-0.2, 0) is 17.1 Å². The second-order valence-corrected chi connectivity index (χ2v) is 4.69. The normalized spacial score (nSPS) is 10.2. The summed E-state index contributed by atoms with van der Waals surface area (Å²) in [5.41, 5.74) is 2.03. The van der Waals surface area contributed by atoms with Crippen LogP contribution in [0.5, 0.6) is 0 Å². The highest BCUT2D eigenvalue weighted by molar-refractivity contribution is 9.10. The molecule has 1 rings (SSSR count). The maximum absolute atomic E-state index is 11.2. The molecule has 0 N–H and O–H groups in total. The van der Waals surface area contributed by atoms with Gasteiger partial charge in [-0.1, -0.05) is 37.9 Å². The Balaban J connectivity index is 2.86. The number of carbonyl (C=O) groups is 1. The third-order valence-electron chi connectivity index (χ3n) is 1.72. The molecule has 0 bridgehead atoms. The van der Waals surface area contributed by atoms with E-state index in [0.29, 0.717) is 17.6 Å². The highest BCUT2D eigenvalue weighted by Gasteiger charge is 2.04. The Kier molecular flexibility index (Phi) is 5.13. The summed E-state index contributed by atoms with van der Waals surface area (Å²) in [4.78, 5) is 11.2. The number of alkyl halides is 2. The standard InChI is InChI=1S/C10H9Br2ClO/c11-5-10(14)4-7-1-8(6-13)3-9(12)2-7/h1-3H,4-6H2. The molecular weight excluding hydrogens is 331 g/mol. The van der Waals surface area contributed by atoms with Gasteiger partial charge in [-0.05, 0) is 23.3 Å². The van der Waals surface area contributed by atoms with Gasteiger partial charge < -0.3 is 0 Å². The van der Waals surface area contributed by atoms with Crippen molar-refractivity contribution >= 4 is 49.2 Å². The Morgan fingerprint density at radius 2 is 1.93 bits per heavy atom. The van der Waals surface area contributed by atoms with E-state index in [1.165, 1.54) is 0 Å². The van der Waals surface area contributed by atoms with Crippen LogP contribution in [0.25, 0.3) is 0 Å². The van der Waals surface area contributed by atoms with E-state index in [1.807, 2.05) is 18.2 Å². The van der Waals surface area contributed by atoms with Crippen molar-refractivity contribution in [2.75, 3.05) is 5.33 Å². The molecule has 0 heterocycles. The average molecular weight is 340 g/mol. The largest absolute Gasteiger partial charge is 0.298 e. The fourth-order valence-electron chi connectivity index (χ4n) is 1.17. The summed E-state index contributed by atoms with van der Waals surface area (Å²) in [5.74, 6) is 0.637. The summed E-state index contributed by atoms with van der Waals surface area (Å²) >= 11 is 12.2. The number of ketones is 1. The minimum absolute atomic E-state index is 0.170. The van der Waals surface area contributed by atoms with Gasteiger partial charge in [0.1, 0.15) is 5.78 Å². The molecule has 0 aliphatic carbocycles. The van der Waals surface area contributed by atoms with Gasteiger partial charge in [-0.15, -0.1) is 11.6 Å². The van der Waals surface area contributed by atoms with E-state index in [2.05, 4.69) is 31.9 Å². The van der Waals surface area contributed by atoms with E-state index in [1.54, 1.807) is 0 Å². The summed E-state index contributed by atoms with van der Waals surface area (Å²) in [6, 6.07) is 5.85. The number of rotatable bonds is 4. The quantitative estimate of drug-likeness (QED) is 0.764. The van der Waals surface area contributed by atoms with Crippen LogP contribution in [-0.4, -0.2) is 11.1 Å². The monoisotopic (exact) mass is 338 g/mol. The third kappa shape index (κ3) is 3.71. The van der Waals surface area contributed by atoms with Crippen molar-refractivity contribution in [2.24, 2.45) is 0 Å². The smallest absolute Gasteiger partial charge is 0.147 e. The van der Waals surface area contributed by atoms with Gasteiger partial charge in [-0.25, -0.2) is 0 Å². The van der Waals surface area contributed by atoms with Crippen molar-refractivity contribution in [3.05, 3.63) is 33.8 Å². The number of benzene rings is 1. The molecule has 0 atom stereocenters. The van der Waals surface area contributed by atoms with E-state index >= 15 is 0 Å². The van der Waals surface area contributed by atoms with Gasteiger partial charge in [0.25, 0.3) is 0 Å². The molecule has 1 aromatic rings. The van der Waals surface area contributed by atoms with Crippen molar-refractivity contribution < 1.29 is 4.79 Å². The molecule has 0 fully saturated rings. The fourth-order valence-corrected chi connectivity index (χ4v) is 2.11. The molecule has 4 heteroatoms. The van der Waals surface area contributed by atoms with Crippen molar-refractivity contribution in [1.29, 1.82) is 0 Å². The van der Waals surface area contributed by atoms with Crippen LogP contribution in [0.4, 0.5) is 0 Å². The number of carbonyl (C=O) groups excluding carboxylic acids is 1.